The Balaban J connectivity index is 2.18. The molecule has 0 spiro atoms. The molecule has 2 aliphatic heterocycles. The van der Waals surface area contributed by atoms with Crippen LogP contribution in [0.2, 0.25) is 0 Å². The van der Waals surface area contributed by atoms with Crippen molar-refractivity contribution in [2.75, 3.05) is 13.1 Å². The van der Waals surface area contributed by atoms with Gasteiger partial charge in [0.1, 0.15) is 0 Å². The van der Waals surface area contributed by atoms with Gasteiger partial charge in [-0.05, 0) is 22.2 Å². The number of rotatable bonds is 4. The topological polar surface area (TPSA) is 74.8 Å². The standard InChI is InChI=1S/C24H40N2O4/c1-14(12-25-16(27)11-15(19(25)28)22(2,3)4)13-26-20(29)17(23(5,6)7)18(21(26)30)24(8,9)10/h14-15,17-18H,11-13H2,1-10H3. The first-order valence-electron chi connectivity index (χ1n) is 11.1. The van der Waals surface area contributed by atoms with Crippen LogP contribution in [0.1, 0.15) is 75.7 Å². The van der Waals surface area contributed by atoms with Crippen LogP contribution in [-0.4, -0.2) is 46.5 Å². The van der Waals surface area contributed by atoms with Crippen LogP contribution in [0.5, 0.6) is 0 Å². The molecule has 4 amide bonds. The lowest BCUT2D eigenvalue weighted by molar-refractivity contribution is -0.142. The molecule has 4 unspecified atom stereocenters. The molecular formula is C24H40N2O4. The minimum Gasteiger partial charge on any atom is -0.282 e. The van der Waals surface area contributed by atoms with Crippen molar-refractivity contribution in [2.24, 2.45) is 39.9 Å². The van der Waals surface area contributed by atoms with Gasteiger partial charge in [-0.25, -0.2) is 0 Å². The van der Waals surface area contributed by atoms with Crippen LogP contribution in [0.25, 0.3) is 0 Å². The van der Waals surface area contributed by atoms with E-state index in [0.29, 0.717) is 0 Å². The summed E-state index contributed by atoms with van der Waals surface area (Å²) in [4.78, 5) is 54.5. The first-order valence-corrected chi connectivity index (χ1v) is 11.1. The lowest BCUT2D eigenvalue weighted by Gasteiger charge is -2.35. The Bertz CT molecular complexity index is 704. The lowest BCUT2D eigenvalue weighted by atomic mass is 9.65. The van der Waals surface area contributed by atoms with Crippen LogP contribution in [0, 0.1) is 39.9 Å². The van der Waals surface area contributed by atoms with Gasteiger partial charge in [0.05, 0.1) is 17.8 Å². The van der Waals surface area contributed by atoms with Crippen molar-refractivity contribution in [1.82, 2.24) is 9.80 Å². The fraction of sp³-hybridized carbons (Fsp3) is 0.833. The average molecular weight is 421 g/mol. The third kappa shape index (κ3) is 4.62. The van der Waals surface area contributed by atoms with Gasteiger partial charge < -0.3 is 0 Å². The second kappa shape index (κ2) is 7.76. The summed E-state index contributed by atoms with van der Waals surface area (Å²) in [7, 11) is 0. The zero-order valence-corrected chi connectivity index (χ0v) is 20.5. The zero-order chi connectivity index (χ0) is 23.4. The van der Waals surface area contributed by atoms with Crippen LogP contribution >= 0.6 is 0 Å². The van der Waals surface area contributed by atoms with Gasteiger partial charge in [-0.1, -0.05) is 69.2 Å². The normalized spacial score (nSPS) is 27.5. The highest BCUT2D eigenvalue weighted by atomic mass is 16.2. The number of amides is 4. The Morgan fingerprint density at radius 2 is 1.10 bits per heavy atom. The molecule has 6 nitrogen and oxygen atoms in total. The van der Waals surface area contributed by atoms with Gasteiger partial charge in [0.2, 0.25) is 23.6 Å². The quantitative estimate of drug-likeness (QED) is 0.650. The average Bonchev–Trinajstić information content (AvgIpc) is 2.96. The number of carbonyl (C=O) groups excluding carboxylic acids is 4. The summed E-state index contributed by atoms with van der Waals surface area (Å²) in [5.41, 5.74) is -0.932. The van der Waals surface area contributed by atoms with Gasteiger partial charge in [0, 0.05) is 19.5 Å². The van der Waals surface area contributed by atoms with Gasteiger partial charge in [0.15, 0.2) is 0 Å². The summed E-state index contributed by atoms with van der Waals surface area (Å²) in [5, 5.41) is 0. The van der Waals surface area contributed by atoms with E-state index < -0.39 is 0 Å². The van der Waals surface area contributed by atoms with Crippen molar-refractivity contribution < 1.29 is 19.2 Å². The van der Waals surface area contributed by atoms with E-state index in [9.17, 15) is 19.2 Å². The molecule has 0 bridgehead atoms. The maximum Gasteiger partial charge on any atom is 0.233 e. The first kappa shape index (κ1) is 24.5. The molecule has 0 aromatic heterocycles. The third-order valence-electron chi connectivity index (χ3n) is 6.54. The van der Waals surface area contributed by atoms with Crippen molar-refractivity contribution >= 4 is 23.6 Å². The van der Waals surface area contributed by atoms with Crippen LogP contribution in [0.15, 0.2) is 0 Å². The molecular weight excluding hydrogens is 380 g/mol. The highest BCUT2D eigenvalue weighted by Crippen LogP contribution is 2.47. The predicted molar refractivity (Wildman–Crippen MR) is 116 cm³/mol. The Morgan fingerprint density at radius 1 is 0.700 bits per heavy atom. The maximum absolute atomic E-state index is 13.3. The molecule has 0 N–H and O–H groups in total. The van der Waals surface area contributed by atoms with E-state index >= 15 is 0 Å². The highest BCUT2D eigenvalue weighted by molar-refractivity contribution is 6.06. The Labute approximate surface area is 181 Å². The summed E-state index contributed by atoms with van der Waals surface area (Å²) < 4.78 is 0. The monoisotopic (exact) mass is 420 g/mol. The summed E-state index contributed by atoms with van der Waals surface area (Å²) in [6.07, 6.45) is 0.231. The number of nitrogens with zero attached hydrogens (tertiary/aromatic N) is 2. The number of carbonyl (C=O) groups is 4. The van der Waals surface area contributed by atoms with Crippen molar-refractivity contribution in [2.45, 2.75) is 75.7 Å². The SMILES string of the molecule is CC(CN1C(=O)CC(C(C)(C)C)C1=O)CN1C(=O)C(C(C)(C)C)C(C(C)(C)C)C1=O. The molecule has 0 saturated carbocycles. The van der Waals surface area contributed by atoms with Crippen LogP contribution < -0.4 is 0 Å². The van der Waals surface area contributed by atoms with Gasteiger partial charge in [-0.15, -0.1) is 0 Å². The Morgan fingerprint density at radius 3 is 1.43 bits per heavy atom. The van der Waals surface area contributed by atoms with E-state index in [2.05, 4.69) is 0 Å². The summed E-state index contributed by atoms with van der Waals surface area (Å²) >= 11 is 0. The van der Waals surface area contributed by atoms with Gasteiger partial charge >= 0.3 is 0 Å². The minimum absolute atomic E-state index is 0.133. The predicted octanol–water partition coefficient (Wildman–Crippen LogP) is 3.74. The molecule has 30 heavy (non-hydrogen) atoms. The van der Waals surface area contributed by atoms with Gasteiger partial charge in [-0.2, -0.15) is 0 Å². The zero-order valence-electron chi connectivity index (χ0n) is 20.5. The minimum atomic E-state index is -0.377. The van der Waals surface area contributed by atoms with E-state index in [1.165, 1.54) is 9.80 Å². The number of likely N-dealkylation sites (tertiary alicyclic amines) is 2. The second-order valence-corrected chi connectivity index (χ2v) is 12.5. The van der Waals surface area contributed by atoms with E-state index in [-0.39, 0.29) is 83.1 Å². The van der Waals surface area contributed by atoms with Crippen molar-refractivity contribution in [3.63, 3.8) is 0 Å². The fourth-order valence-corrected chi connectivity index (χ4v) is 4.88. The largest absolute Gasteiger partial charge is 0.282 e. The smallest absolute Gasteiger partial charge is 0.233 e. The summed E-state index contributed by atoms with van der Waals surface area (Å²) in [6, 6.07) is 0. The second-order valence-electron chi connectivity index (χ2n) is 12.5. The van der Waals surface area contributed by atoms with E-state index in [0.717, 1.165) is 0 Å². The Kier molecular flexibility index (Phi) is 6.35. The van der Waals surface area contributed by atoms with Crippen LogP contribution in [0.4, 0.5) is 0 Å². The van der Waals surface area contributed by atoms with Crippen LogP contribution in [0.3, 0.4) is 0 Å². The molecule has 4 atom stereocenters. The van der Waals surface area contributed by atoms with Gasteiger partial charge in [-0.3, -0.25) is 29.0 Å². The molecule has 2 saturated heterocycles. The first-order chi connectivity index (χ1) is 13.4. The lowest BCUT2D eigenvalue weighted by Crippen LogP contribution is -2.42. The molecule has 0 aromatic carbocycles. The molecule has 6 heteroatoms. The summed E-state index contributed by atoms with van der Waals surface area (Å²) in [5.74, 6) is -1.82. The fourth-order valence-electron chi connectivity index (χ4n) is 4.88. The summed E-state index contributed by atoms with van der Waals surface area (Å²) in [6.45, 7) is 20.3. The molecule has 2 aliphatic rings. The van der Waals surface area contributed by atoms with E-state index in [1.54, 1.807) is 0 Å². The van der Waals surface area contributed by atoms with Crippen molar-refractivity contribution in [3.05, 3.63) is 0 Å². The molecule has 170 valence electrons. The maximum atomic E-state index is 13.3. The van der Waals surface area contributed by atoms with Crippen LogP contribution in [-0.2, 0) is 19.2 Å². The molecule has 2 fully saturated rings. The number of hydrogen-bond acceptors (Lipinski definition) is 4. The van der Waals surface area contributed by atoms with Crippen molar-refractivity contribution in [1.29, 1.82) is 0 Å². The molecule has 0 aliphatic carbocycles. The number of hydrogen-bond donors (Lipinski definition) is 0. The van der Waals surface area contributed by atoms with Gasteiger partial charge in [0.25, 0.3) is 0 Å². The highest BCUT2D eigenvalue weighted by Gasteiger charge is 2.56. The third-order valence-corrected chi connectivity index (χ3v) is 6.54. The molecule has 0 radical (unpaired) electrons. The van der Waals surface area contributed by atoms with E-state index in [1.807, 2.05) is 69.2 Å². The molecule has 2 rings (SSSR count). The Hall–Kier alpha value is -1.72. The van der Waals surface area contributed by atoms with E-state index in [4.69, 9.17) is 0 Å². The molecule has 2 heterocycles. The number of imide groups is 2. The van der Waals surface area contributed by atoms with Crippen molar-refractivity contribution in [3.8, 4) is 0 Å². The molecule has 0 aromatic rings.